The zero-order chi connectivity index (χ0) is 14.6. The lowest BCUT2D eigenvalue weighted by atomic mass is 10.2. The molecule has 0 aliphatic heterocycles. The number of hydrogen-bond acceptors (Lipinski definition) is 5. The van der Waals surface area contributed by atoms with Crippen LogP contribution in [0.2, 0.25) is 5.02 Å². The fourth-order valence-corrected chi connectivity index (χ4v) is 1.53. The van der Waals surface area contributed by atoms with Gasteiger partial charge in [0.05, 0.1) is 22.6 Å². The molecule has 0 saturated heterocycles. The predicted octanol–water partition coefficient (Wildman–Crippen LogP) is 2.75. The summed E-state index contributed by atoms with van der Waals surface area (Å²) in [6, 6.07) is 0.938. The fourth-order valence-electron chi connectivity index (χ4n) is 1.36. The van der Waals surface area contributed by atoms with Crippen LogP contribution >= 0.6 is 11.6 Å². The number of carbonyl (C=O) groups excluding carboxylic acids is 1. The molecule has 1 aromatic carbocycles. The minimum Gasteiger partial charge on any atom is -0.464 e. The van der Waals surface area contributed by atoms with E-state index in [0.29, 0.717) is 6.07 Å². The Bertz CT molecular complexity index is 510. The highest BCUT2D eigenvalue weighted by Gasteiger charge is 2.22. The number of nitro benzene ring substituents is 1. The quantitative estimate of drug-likeness (QED) is 0.512. The van der Waals surface area contributed by atoms with Gasteiger partial charge in [0.15, 0.2) is 0 Å². The first-order valence-electron chi connectivity index (χ1n) is 5.43. The minimum absolute atomic E-state index is 0.0445. The Morgan fingerprint density at radius 3 is 2.79 bits per heavy atom. The zero-order valence-corrected chi connectivity index (χ0v) is 11.0. The third-order valence-electron chi connectivity index (χ3n) is 2.25. The maximum atomic E-state index is 13.2. The third kappa shape index (κ3) is 3.78. The molecule has 1 unspecified atom stereocenters. The first kappa shape index (κ1) is 15.2. The van der Waals surface area contributed by atoms with Crippen molar-refractivity contribution in [3.05, 3.63) is 33.1 Å². The van der Waals surface area contributed by atoms with Gasteiger partial charge in [0.25, 0.3) is 5.69 Å². The van der Waals surface area contributed by atoms with E-state index in [-0.39, 0.29) is 17.3 Å². The summed E-state index contributed by atoms with van der Waals surface area (Å²) < 4.78 is 17.9. The fraction of sp³-hybridized carbons (Fsp3) is 0.364. The van der Waals surface area contributed by atoms with Crippen LogP contribution in [0.4, 0.5) is 15.8 Å². The van der Waals surface area contributed by atoms with Crippen molar-refractivity contribution in [2.45, 2.75) is 19.9 Å². The summed E-state index contributed by atoms with van der Waals surface area (Å²) in [5, 5.41) is 13.1. The summed E-state index contributed by atoms with van der Waals surface area (Å²) in [7, 11) is 0. The molecule has 8 heteroatoms. The van der Waals surface area contributed by atoms with Gasteiger partial charge in [-0.1, -0.05) is 11.6 Å². The molecule has 0 aromatic heterocycles. The molecule has 0 amide bonds. The molecular formula is C11H12ClFN2O4. The highest BCUT2D eigenvalue weighted by molar-refractivity contribution is 6.31. The minimum atomic E-state index is -0.900. The van der Waals surface area contributed by atoms with Gasteiger partial charge in [0, 0.05) is 0 Å². The van der Waals surface area contributed by atoms with E-state index in [9.17, 15) is 19.3 Å². The van der Waals surface area contributed by atoms with Crippen LogP contribution in [0.15, 0.2) is 12.1 Å². The molecule has 1 aromatic rings. The summed E-state index contributed by atoms with van der Waals surface area (Å²) in [6.45, 7) is 3.30. The highest BCUT2D eigenvalue weighted by Crippen LogP contribution is 2.30. The topological polar surface area (TPSA) is 81.5 Å². The van der Waals surface area contributed by atoms with Crippen molar-refractivity contribution in [1.82, 2.24) is 0 Å². The van der Waals surface area contributed by atoms with Gasteiger partial charge < -0.3 is 10.1 Å². The van der Waals surface area contributed by atoms with Crippen LogP contribution in [-0.4, -0.2) is 23.5 Å². The molecule has 1 atom stereocenters. The van der Waals surface area contributed by atoms with E-state index in [1.54, 1.807) is 6.92 Å². The van der Waals surface area contributed by atoms with Crippen LogP contribution in [-0.2, 0) is 9.53 Å². The average molecular weight is 291 g/mol. The van der Waals surface area contributed by atoms with Gasteiger partial charge in [0.1, 0.15) is 17.5 Å². The number of nitrogens with zero attached hydrogens (tertiary/aromatic N) is 1. The second kappa shape index (κ2) is 6.33. The van der Waals surface area contributed by atoms with E-state index in [2.05, 4.69) is 5.32 Å². The van der Waals surface area contributed by atoms with Crippen molar-refractivity contribution in [3.8, 4) is 0 Å². The van der Waals surface area contributed by atoms with Crippen LogP contribution in [0.25, 0.3) is 0 Å². The van der Waals surface area contributed by atoms with E-state index in [4.69, 9.17) is 16.3 Å². The largest absolute Gasteiger partial charge is 0.464 e. The second-order valence-corrected chi connectivity index (χ2v) is 4.07. The number of esters is 1. The Balaban J connectivity index is 3.03. The number of nitro groups is 1. The lowest BCUT2D eigenvalue weighted by molar-refractivity contribution is -0.384. The normalized spacial score (nSPS) is 11.8. The Labute approximate surface area is 113 Å². The van der Waals surface area contributed by atoms with E-state index in [0.717, 1.165) is 6.07 Å². The predicted molar refractivity (Wildman–Crippen MR) is 67.8 cm³/mol. The van der Waals surface area contributed by atoms with E-state index < -0.39 is 28.4 Å². The molecule has 0 heterocycles. The van der Waals surface area contributed by atoms with Crippen molar-refractivity contribution in [3.63, 3.8) is 0 Å². The van der Waals surface area contributed by atoms with Gasteiger partial charge >= 0.3 is 5.97 Å². The summed E-state index contributed by atoms with van der Waals surface area (Å²) in [4.78, 5) is 21.5. The van der Waals surface area contributed by atoms with Crippen molar-refractivity contribution >= 4 is 28.9 Å². The third-order valence-corrected chi connectivity index (χ3v) is 2.54. The monoisotopic (exact) mass is 290 g/mol. The molecule has 0 aliphatic rings. The van der Waals surface area contributed by atoms with E-state index in [1.165, 1.54) is 6.92 Å². The molecule has 0 aliphatic carbocycles. The van der Waals surface area contributed by atoms with Crippen molar-refractivity contribution in [2.24, 2.45) is 0 Å². The van der Waals surface area contributed by atoms with Crippen LogP contribution in [0.5, 0.6) is 0 Å². The number of hydrogen-bond donors (Lipinski definition) is 1. The summed E-state index contributed by atoms with van der Waals surface area (Å²) in [5.74, 6) is -1.47. The number of carbonyl (C=O) groups is 1. The van der Waals surface area contributed by atoms with Crippen LogP contribution in [0.1, 0.15) is 13.8 Å². The Morgan fingerprint density at radius 2 is 2.26 bits per heavy atom. The van der Waals surface area contributed by atoms with Crippen LogP contribution in [0, 0.1) is 15.9 Å². The molecule has 1 rings (SSSR count). The highest BCUT2D eigenvalue weighted by atomic mass is 35.5. The summed E-state index contributed by atoms with van der Waals surface area (Å²) >= 11 is 5.56. The molecule has 0 fully saturated rings. The number of halogens is 2. The van der Waals surface area contributed by atoms with E-state index in [1.807, 2.05) is 0 Å². The maximum Gasteiger partial charge on any atom is 0.328 e. The van der Waals surface area contributed by atoms with Gasteiger partial charge in [0.2, 0.25) is 0 Å². The summed E-state index contributed by atoms with van der Waals surface area (Å²) in [5.41, 5.74) is -0.546. The van der Waals surface area contributed by atoms with Gasteiger partial charge in [-0.05, 0) is 19.9 Å². The molecule has 0 spiro atoms. The first-order valence-corrected chi connectivity index (χ1v) is 5.81. The van der Waals surface area contributed by atoms with Crippen LogP contribution in [0.3, 0.4) is 0 Å². The van der Waals surface area contributed by atoms with Crippen LogP contribution < -0.4 is 5.32 Å². The molecule has 0 saturated carbocycles. The molecule has 0 bridgehead atoms. The number of anilines is 1. The van der Waals surface area contributed by atoms with Gasteiger partial charge in [-0.15, -0.1) is 0 Å². The van der Waals surface area contributed by atoms with Crippen molar-refractivity contribution < 1.29 is 18.8 Å². The number of ether oxygens (including phenoxy) is 1. The molecule has 0 radical (unpaired) electrons. The molecule has 19 heavy (non-hydrogen) atoms. The SMILES string of the molecule is CCOC(=O)C(C)Nc1cc(Cl)c(F)cc1[N+](=O)[O-]. The van der Waals surface area contributed by atoms with Crippen molar-refractivity contribution in [1.29, 1.82) is 0 Å². The molecular weight excluding hydrogens is 279 g/mol. The number of rotatable bonds is 5. The summed E-state index contributed by atoms with van der Waals surface area (Å²) in [6.07, 6.45) is 0. The average Bonchev–Trinajstić information content (AvgIpc) is 2.33. The Morgan fingerprint density at radius 1 is 1.63 bits per heavy atom. The van der Waals surface area contributed by atoms with Gasteiger partial charge in [-0.3, -0.25) is 10.1 Å². The van der Waals surface area contributed by atoms with Crippen molar-refractivity contribution in [2.75, 3.05) is 11.9 Å². The lowest BCUT2D eigenvalue weighted by Gasteiger charge is -2.14. The maximum absolute atomic E-state index is 13.2. The van der Waals surface area contributed by atoms with Gasteiger partial charge in [-0.2, -0.15) is 0 Å². The second-order valence-electron chi connectivity index (χ2n) is 3.66. The van der Waals surface area contributed by atoms with E-state index >= 15 is 0 Å². The number of benzene rings is 1. The lowest BCUT2D eigenvalue weighted by Crippen LogP contribution is -2.28. The zero-order valence-electron chi connectivity index (χ0n) is 10.3. The molecule has 1 N–H and O–H groups in total. The smallest absolute Gasteiger partial charge is 0.328 e. The number of nitrogens with one attached hydrogen (secondary N) is 1. The molecule has 6 nitrogen and oxygen atoms in total. The van der Waals surface area contributed by atoms with Gasteiger partial charge in [-0.25, -0.2) is 9.18 Å². The molecule has 104 valence electrons. The standard InChI is InChI=1S/C11H12ClFN2O4/c1-3-19-11(16)6(2)14-9-4-7(12)8(13)5-10(9)15(17)18/h4-6,14H,3H2,1-2H3. The Hall–Kier alpha value is -1.89. The first-order chi connectivity index (χ1) is 8.86. The Kier molecular flexibility index (Phi) is 5.05.